The Bertz CT molecular complexity index is 424. The molecule has 2 atom stereocenters. The van der Waals surface area contributed by atoms with Crippen LogP contribution in [-0.2, 0) is 6.42 Å². The Hall–Kier alpha value is -0.970. The largest absolute Gasteiger partial charge is 0.325 e. The molecule has 5 N–H and O–H groups in total. The summed E-state index contributed by atoms with van der Waals surface area (Å²) >= 11 is 0. The van der Waals surface area contributed by atoms with Crippen LogP contribution in [0.5, 0.6) is 0 Å². The maximum Gasteiger partial charge on any atom is 0.126 e. The SMILES string of the molecule is CC(C)(C)C(C)(N)C(N)CNCCc1ccccc1F. The van der Waals surface area contributed by atoms with Crippen molar-refractivity contribution in [2.24, 2.45) is 16.9 Å². The Balaban J connectivity index is 2.40. The first-order valence-corrected chi connectivity index (χ1v) is 7.15. The maximum absolute atomic E-state index is 13.4. The monoisotopic (exact) mass is 281 g/mol. The molecule has 0 aliphatic heterocycles. The summed E-state index contributed by atoms with van der Waals surface area (Å²) in [4.78, 5) is 0. The lowest BCUT2D eigenvalue weighted by Crippen LogP contribution is -2.63. The molecule has 114 valence electrons. The summed E-state index contributed by atoms with van der Waals surface area (Å²) in [5.41, 5.74) is 12.7. The van der Waals surface area contributed by atoms with Crippen LogP contribution < -0.4 is 16.8 Å². The van der Waals surface area contributed by atoms with E-state index in [4.69, 9.17) is 11.5 Å². The second-order valence-electron chi connectivity index (χ2n) is 6.68. The van der Waals surface area contributed by atoms with E-state index in [1.165, 1.54) is 6.07 Å². The van der Waals surface area contributed by atoms with Crippen LogP contribution in [0.1, 0.15) is 33.3 Å². The fraction of sp³-hybridized carbons (Fsp3) is 0.625. The van der Waals surface area contributed by atoms with Gasteiger partial charge in [0.2, 0.25) is 0 Å². The molecule has 0 amide bonds. The zero-order valence-corrected chi connectivity index (χ0v) is 13.0. The molecule has 0 saturated carbocycles. The van der Waals surface area contributed by atoms with E-state index in [0.29, 0.717) is 19.5 Å². The quantitative estimate of drug-likeness (QED) is 0.699. The molecule has 3 nitrogen and oxygen atoms in total. The molecule has 0 aliphatic rings. The Morgan fingerprint density at radius 3 is 2.35 bits per heavy atom. The number of hydrogen-bond acceptors (Lipinski definition) is 3. The minimum absolute atomic E-state index is 0.0698. The van der Waals surface area contributed by atoms with Crippen LogP contribution in [0.25, 0.3) is 0 Å². The highest BCUT2D eigenvalue weighted by Gasteiger charge is 2.38. The smallest absolute Gasteiger partial charge is 0.126 e. The zero-order valence-electron chi connectivity index (χ0n) is 13.0. The highest BCUT2D eigenvalue weighted by Crippen LogP contribution is 2.29. The number of halogens is 1. The topological polar surface area (TPSA) is 64.1 Å². The molecule has 0 aromatic heterocycles. The molecule has 0 heterocycles. The molecule has 2 unspecified atom stereocenters. The van der Waals surface area contributed by atoms with E-state index in [0.717, 1.165) is 5.56 Å². The van der Waals surface area contributed by atoms with Gasteiger partial charge in [-0.1, -0.05) is 39.0 Å². The first-order chi connectivity index (χ1) is 9.16. The van der Waals surface area contributed by atoms with Crippen molar-refractivity contribution in [3.8, 4) is 0 Å². The molecule has 0 fully saturated rings. The minimum atomic E-state index is -0.460. The van der Waals surface area contributed by atoms with Crippen LogP contribution in [0.2, 0.25) is 0 Å². The van der Waals surface area contributed by atoms with Crippen LogP contribution in [-0.4, -0.2) is 24.7 Å². The van der Waals surface area contributed by atoms with Crippen LogP contribution in [0, 0.1) is 11.2 Å². The van der Waals surface area contributed by atoms with Crippen LogP contribution in [0.3, 0.4) is 0 Å². The van der Waals surface area contributed by atoms with Crippen molar-refractivity contribution in [3.63, 3.8) is 0 Å². The number of rotatable bonds is 6. The van der Waals surface area contributed by atoms with Gasteiger partial charge in [0.15, 0.2) is 0 Å². The van der Waals surface area contributed by atoms with Crippen molar-refractivity contribution in [2.45, 2.75) is 45.7 Å². The second kappa shape index (κ2) is 6.66. The summed E-state index contributed by atoms with van der Waals surface area (Å²) in [6.45, 7) is 9.56. The average molecular weight is 281 g/mol. The Morgan fingerprint density at radius 1 is 1.20 bits per heavy atom. The third-order valence-corrected chi connectivity index (χ3v) is 4.28. The number of nitrogens with two attached hydrogens (primary N) is 2. The first kappa shape index (κ1) is 17.1. The van der Waals surface area contributed by atoms with Gasteiger partial charge in [-0.25, -0.2) is 4.39 Å². The number of nitrogens with one attached hydrogen (secondary N) is 1. The predicted octanol–water partition coefficient (Wildman–Crippen LogP) is 2.05. The van der Waals surface area contributed by atoms with Crippen molar-refractivity contribution < 1.29 is 4.39 Å². The normalized spacial score (nSPS) is 16.8. The fourth-order valence-corrected chi connectivity index (χ4v) is 1.95. The minimum Gasteiger partial charge on any atom is -0.325 e. The maximum atomic E-state index is 13.4. The summed E-state index contributed by atoms with van der Waals surface area (Å²) < 4.78 is 13.4. The van der Waals surface area contributed by atoms with Crippen molar-refractivity contribution in [3.05, 3.63) is 35.6 Å². The van der Waals surface area contributed by atoms with Gasteiger partial charge in [0.1, 0.15) is 5.82 Å². The van der Waals surface area contributed by atoms with Gasteiger partial charge >= 0.3 is 0 Å². The third kappa shape index (κ3) is 4.27. The van der Waals surface area contributed by atoms with Crippen LogP contribution in [0.15, 0.2) is 24.3 Å². The molecule has 1 aromatic rings. The van der Waals surface area contributed by atoms with E-state index >= 15 is 0 Å². The molecule has 4 heteroatoms. The Labute approximate surface area is 121 Å². The van der Waals surface area contributed by atoms with Gasteiger partial charge in [-0.05, 0) is 36.9 Å². The number of benzene rings is 1. The number of hydrogen-bond donors (Lipinski definition) is 3. The first-order valence-electron chi connectivity index (χ1n) is 7.15. The van der Waals surface area contributed by atoms with Gasteiger partial charge in [0, 0.05) is 18.1 Å². The van der Waals surface area contributed by atoms with E-state index in [1.54, 1.807) is 12.1 Å². The van der Waals surface area contributed by atoms with Crippen molar-refractivity contribution in [1.29, 1.82) is 0 Å². The summed E-state index contributed by atoms with van der Waals surface area (Å²) in [7, 11) is 0. The Morgan fingerprint density at radius 2 is 1.80 bits per heavy atom. The van der Waals surface area contributed by atoms with Gasteiger partial charge in [0.25, 0.3) is 0 Å². The fourth-order valence-electron chi connectivity index (χ4n) is 1.95. The third-order valence-electron chi connectivity index (χ3n) is 4.28. The average Bonchev–Trinajstić information content (AvgIpc) is 2.34. The van der Waals surface area contributed by atoms with Gasteiger partial charge in [-0.2, -0.15) is 0 Å². The van der Waals surface area contributed by atoms with Gasteiger partial charge < -0.3 is 16.8 Å². The molecular weight excluding hydrogens is 253 g/mol. The van der Waals surface area contributed by atoms with E-state index in [1.807, 2.05) is 13.0 Å². The van der Waals surface area contributed by atoms with Crippen LogP contribution >= 0.6 is 0 Å². The lowest BCUT2D eigenvalue weighted by atomic mass is 9.71. The molecule has 0 bridgehead atoms. The van der Waals surface area contributed by atoms with E-state index in [-0.39, 0.29) is 17.3 Å². The molecule has 20 heavy (non-hydrogen) atoms. The zero-order chi connectivity index (χ0) is 15.4. The van der Waals surface area contributed by atoms with Crippen molar-refractivity contribution in [1.82, 2.24) is 5.32 Å². The lowest BCUT2D eigenvalue weighted by Gasteiger charge is -2.43. The summed E-state index contributed by atoms with van der Waals surface area (Å²) in [5, 5.41) is 3.27. The molecule has 0 spiro atoms. The predicted molar refractivity (Wildman–Crippen MR) is 83.0 cm³/mol. The summed E-state index contributed by atoms with van der Waals surface area (Å²) in [6, 6.07) is 6.69. The molecule has 0 saturated heterocycles. The van der Waals surface area contributed by atoms with E-state index in [2.05, 4.69) is 26.1 Å². The molecular formula is C16H28FN3. The molecule has 1 rings (SSSR count). The molecule has 0 aliphatic carbocycles. The van der Waals surface area contributed by atoms with Crippen molar-refractivity contribution in [2.75, 3.05) is 13.1 Å². The standard InChI is InChI=1S/C16H28FN3/c1-15(2,3)16(4,19)14(18)11-20-10-9-12-7-5-6-8-13(12)17/h5-8,14,20H,9-11,18-19H2,1-4H3. The van der Waals surface area contributed by atoms with Gasteiger partial charge in [-0.15, -0.1) is 0 Å². The second-order valence-corrected chi connectivity index (χ2v) is 6.68. The van der Waals surface area contributed by atoms with E-state index < -0.39 is 5.54 Å². The Kier molecular flexibility index (Phi) is 5.68. The van der Waals surface area contributed by atoms with Crippen molar-refractivity contribution >= 4 is 0 Å². The van der Waals surface area contributed by atoms with Gasteiger partial charge in [-0.3, -0.25) is 0 Å². The summed E-state index contributed by atoms with van der Waals surface area (Å²) in [6.07, 6.45) is 0.649. The van der Waals surface area contributed by atoms with Gasteiger partial charge in [0.05, 0.1) is 0 Å². The van der Waals surface area contributed by atoms with E-state index in [9.17, 15) is 4.39 Å². The highest BCUT2D eigenvalue weighted by molar-refractivity contribution is 5.17. The highest BCUT2D eigenvalue weighted by atomic mass is 19.1. The van der Waals surface area contributed by atoms with Crippen LogP contribution in [0.4, 0.5) is 4.39 Å². The lowest BCUT2D eigenvalue weighted by molar-refractivity contribution is 0.169. The summed E-state index contributed by atoms with van der Waals surface area (Å²) in [5.74, 6) is -0.156. The molecule has 0 radical (unpaired) electrons. The molecule has 1 aromatic carbocycles.